The van der Waals surface area contributed by atoms with E-state index in [1.54, 1.807) is 22.5 Å². The monoisotopic (exact) mass is 402 g/mol. The molecule has 0 aliphatic carbocycles. The molecule has 3 rings (SSSR count). The number of nitrogens with one attached hydrogen (secondary N) is 1. The van der Waals surface area contributed by atoms with E-state index in [2.05, 4.69) is 5.32 Å². The maximum absolute atomic E-state index is 12.9. The number of sulfonamides is 1. The molecule has 6 nitrogen and oxygen atoms in total. The number of aryl methyl sites for hydroxylation is 2. The van der Waals surface area contributed by atoms with Crippen molar-refractivity contribution < 1.29 is 17.8 Å². The molecule has 0 saturated carbocycles. The summed E-state index contributed by atoms with van der Waals surface area (Å²) in [7, 11) is -3.53. The molecule has 150 valence electrons. The van der Waals surface area contributed by atoms with Gasteiger partial charge < -0.3 is 5.32 Å². The number of benzene rings is 1. The zero-order valence-corrected chi connectivity index (χ0v) is 17.6. The number of aromatic nitrogens is 1. The van der Waals surface area contributed by atoms with Crippen LogP contribution in [0.5, 0.6) is 0 Å². The van der Waals surface area contributed by atoms with Crippen LogP contribution in [-0.4, -0.2) is 31.7 Å². The molecular weight excluding hydrogens is 374 g/mol. The van der Waals surface area contributed by atoms with E-state index in [1.165, 1.54) is 0 Å². The van der Waals surface area contributed by atoms with Gasteiger partial charge >= 0.3 is 0 Å². The molecule has 1 aromatic carbocycles. The Morgan fingerprint density at radius 2 is 1.79 bits per heavy atom. The zero-order chi connectivity index (χ0) is 20.3. The largest absolute Gasteiger partial charge is 0.320 e. The zero-order valence-electron chi connectivity index (χ0n) is 16.7. The van der Waals surface area contributed by atoms with Gasteiger partial charge in [-0.3, -0.25) is 4.79 Å². The molecule has 0 spiro atoms. The van der Waals surface area contributed by atoms with E-state index >= 15 is 0 Å². The molecule has 2 heterocycles. The van der Waals surface area contributed by atoms with Gasteiger partial charge in [-0.15, -0.1) is 0 Å². The Morgan fingerprint density at radius 3 is 2.50 bits per heavy atom. The Kier molecular flexibility index (Phi) is 6.15. The Morgan fingerprint density at radius 1 is 1.07 bits per heavy atom. The molecule has 1 fully saturated rings. The third kappa shape index (κ3) is 4.42. The van der Waals surface area contributed by atoms with Crippen LogP contribution in [0.2, 0.25) is 0 Å². The summed E-state index contributed by atoms with van der Waals surface area (Å²) in [5.41, 5.74) is 3.50. The van der Waals surface area contributed by atoms with E-state index < -0.39 is 10.0 Å². The Balaban J connectivity index is 1.79. The van der Waals surface area contributed by atoms with Crippen molar-refractivity contribution in [2.75, 3.05) is 18.4 Å². The normalized spacial score (nSPS) is 15.4. The summed E-state index contributed by atoms with van der Waals surface area (Å²) in [4.78, 5) is 12.8. The van der Waals surface area contributed by atoms with Crippen molar-refractivity contribution in [3.05, 3.63) is 53.3 Å². The van der Waals surface area contributed by atoms with Gasteiger partial charge in [0, 0.05) is 37.3 Å². The predicted molar refractivity (Wildman–Crippen MR) is 109 cm³/mol. The lowest BCUT2D eigenvalue weighted by Gasteiger charge is -2.26. The number of rotatable bonds is 5. The standard InChI is InChI=1S/C21H27N3O3S/c1-16-8-7-11-23(18(16)3)15-21(25)22-20-14-19(10-9-17(20)2)28(26,27)24-12-5-4-6-13-24/h7-11,14H,4-6,12-13,15H2,1-3H3/p+1. The Labute approximate surface area is 167 Å². The number of carbonyl (C=O) groups is 1. The molecule has 1 N–H and O–H groups in total. The molecule has 1 amide bonds. The van der Waals surface area contributed by atoms with Crippen LogP contribution in [0.1, 0.15) is 36.1 Å². The second-order valence-corrected chi connectivity index (χ2v) is 9.33. The van der Waals surface area contributed by atoms with Gasteiger partial charge in [0.25, 0.3) is 5.91 Å². The number of pyridine rings is 1. The fraction of sp³-hybridized carbons (Fsp3) is 0.429. The van der Waals surface area contributed by atoms with Crippen LogP contribution in [0.3, 0.4) is 0 Å². The number of nitrogens with zero attached hydrogens (tertiary/aromatic N) is 2. The van der Waals surface area contributed by atoms with Crippen molar-refractivity contribution in [2.45, 2.75) is 51.5 Å². The maximum Gasteiger partial charge on any atom is 0.290 e. The first-order valence-electron chi connectivity index (χ1n) is 9.65. The summed E-state index contributed by atoms with van der Waals surface area (Å²) < 4.78 is 29.3. The highest BCUT2D eigenvalue weighted by Crippen LogP contribution is 2.25. The van der Waals surface area contributed by atoms with Gasteiger partial charge in [0.15, 0.2) is 11.9 Å². The van der Waals surface area contributed by atoms with E-state index in [9.17, 15) is 13.2 Å². The molecule has 28 heavy (non-hydrogen) atoms. The molecule has 1 aliphatic rings. The average molecular weight is 403 g/mol. The van der Waals surface area contributed by atoms with Crippen LogP contribution in [0.25, 0.3) is 0 Å². The number of hydrogen-bond acceptors (Lipinski definition) is 3. The van der Waals surface area contributed by atoms with Gasteiger partial charge in [0.05, 0.1) is 4.90 Å². The topological polar surface area (TPSA) is 70.4 Å². The predicted octanol–water partition coefficient (Wildman–Crippen LogP) is 2.71. The van der Waals surface area contributed by atoms with Crippen molar-refractivity contribution in [1.82, 2.24) is 4.31 Å². The molecule has 2 aromatic rings. The van der Waals surface area contributed by atoms with Crippen molar-refractivity contribution in [3.8, 4) is 0 Å². The van der Waals surface area contributed by atoms with Gasteiger partial charge in [-0.1, -0.05) is 12.5 Å². The molecule has 1 aromatic heterocycles. The minimum Gasteiger partial charge on any atom is -0.320 e. The molecule has 0 bridgehead atoms. The number of carbonyl (C=O) groups excluding carboxylic acids is 1. The number of hydrogen-bond donors (Lipinski definition) is 1. The highest BCUT2D eigenvalue weighted by atomic mass is 32.2. The Bertz CT molecular complexity index is 980. The van der Waals surface area contributed by atoms with Gasteiger partial charge in [-0.25, -0.2) is 8.42 Å². The van der Waals surface area contributed by atoms with Crippen LogP contribution < -0.4 is 9.88 Å². The maximum atomic E-state index is 12.9. The third-order valence-electron chi connectivity index (χ3n) is 5.36. The number of anilines is 1. The second-order valence-electron chi connectivity index (χ2n) is 7.39. The van der Waals surface area contributed by atoms with Gasteiger partial charge in [0.1, 0.15) is 0 Å². The van der Waals surface area contributed by atoms with Crippen LogP contribution in [0.4, 0.5) is 5.69 Å². The van der Waals surface area contributed by atoms with Crippen molar-refractivity contribution in [1.29, 1.82) is 0 Å². The highest BCUT2D eigenvalue weighted by molar-refractivity contribution is 7.89. The van der Waals surface area contributed by atoms with Crippen LogP contribution >= 0.6 is 0 Å². The van der Waals surface area contributed by atoms with E-state index in [0.717, 1.165) is 36.1 Å². The molecule has 0 unspecified atom stereocenters. The smallest absolute Gasteiger partial charge is 0.290 e. The molecule has 0 radical (unpaired) electrons. The number of amides is 1. The fourth-order valence-electron chi connectivity index (χ4n) is 3.42. The van der Waals surface area contributed by atoms with E-state index in [0.29, 0.717) is 18.8 Å². The lowest BCUT2D eigenvalue weighted by atomic mass is 10.2. The Hall–Kier alpha value is -2.25. The van der Waals surface area contributed by atoms with E-state index in [1.807, 2.05) is 43.7 Å². The van der Waals surface area contributed by atoms with Crippen LogP contribution in [-0.2, 0) is 21.4 Å². The van der Waals surface area contributed by atoms with Gasteiger partial charge in [-0.05, 0) is 50.5 Å². The quantitative estimate of drug-likeness (QED) is 0.782. The summed E-state index contributed by atoms with van der Waals surface area (Å²) in [6.45, 7) is 7.12. The highest BCUT2D eigenvalue weighted by Gasteiger charge is 2.26. The SMILES string of the molecule is Cc1ccc(S(=O)(=O)N2CCCCC2)cc1NC(=O)C[n+]1cccc(C)c1C. The average Bonchev–Trinajstić information content (AvgIpc) is 2.68. The van der Waals surface area contributed by atoms with Crippen molar-refractivity contribution >= 4 is 21.6 Å². The molecule has 7 heteroatoms. The van der Waals surface area contributed by atoms with Crippen molar-refractivity contribution in [2.24, 2.45) is 0 Å². The lowest BCUT2D eigenvalue weighted by Crippen LogP contribution is -2.43. The minimum atomic E-state index is -3.53. The summed E-state index contributed by atoms with van der Waals surface area (Å²) >= 11 is 0. The third-order valence-corrected chi connectivity index (χ3v) is 7.26. The first kappa shape index (κ1) is 20.5. The van der Waals surface area contributed by atoms with Crippen LogP contribution in [0, 0.1) is 20.8 Å². The number of piperidine rings is 1. The first-order valence-corrected chi connectivity index (χ1v) is 11.1. The first-order chi connectivity index (χ1) is 13.3. The van der Waals surface area contributed by atoms with Gasteiger partial charge in [-0.2, -0.15) is 8.87 Å². The minimum absolute atomic E-state index is 0.177. The summed E-state index contributed by atoms with van der Waals surface area (Å²) in [5, 5.41) is 2.88. The van der Waals surface area contributed by atoms with Crippen LogP contribution in [0.15, 0.2) is 41.4 Å². The van der Waals surface area contributed by atoms with E-state index in [-0.39, 0.29) is 17.3 Å². The summed E-state index contributed by atoms with van der Waals surface area (Å²) in [5.74, 6) is -0.186. The molecule has 1 aliphatic heterocycles. The van der Waals surface area contributed by atoms with Crippen molar-refractivity contribution in [3.63, 3.8) is 0 Å². The summed E-state index contributed by atoms with van der Waals surface area (Å²) in [6, 6.07) is 8.85. The lowest BCUT2D eigenvalue weighted by molar-refractivity contribution is -0.690. The summed E-state index contributed by atoms with van der Waals surface area (Å²) in [6.07, 6.45) is 4.72. The fourth-order valence-corrected chi connectivity index (χ4v) is 4.96. The van der Waals surface area contributed by atoms with Gasteiger partial charge in [0.2, 0.25) is 16.6 Å². The second kappa shape index (κ2) is 8.41. The molecular formula is C21H28N3O3S+. The molecule has 0 atom stereocenters. The molecule has 1 saturated heterocycles. The van der Waals surface area contributed by atoms with E-state index in [4.69, 9.17) is 0 Å².